The van der Waals surface area contributed by atoms with Gasteiger partial charge in [0.2, 0.25) is 0 Å². The number of hydrogen-bond donors (Lipinski definition) is 1. The summed E-state index contributed by atoms with van der Waals surface area (Å²) >= 11 is 3.76. The van der Waals surface area contributed by atoms with Gasteiger partial charge in [-0.3, -0.25) is 4.90 Å². The predicted molar refractivity (Wildman–Crippen MR) is 93.3 cm³/mol. The Morgan fingerprint density at radius 1 is 1.36 bits per heavy atom. The standard InChI is InChI=1S/C17H21NO2S2/c1-20-16-11-14-12-18(7-5-13(14)10-15(16)19)6-3-9-22-17-4-2-8-21-17/h2,4,8,10-11,19H,3,5-7,9,12H2,1H3. The summed E-state index contributed by atoms with van der Waals surface area (Å²) in [4.78, 5) is 2.49. The molecule has 0 saturated carbocycles. The number of methoxy groups -OCH3 is 1. The van der Waals surface area contributed by atoms with Crippen LogP contribution >= 0.6 is 23.1 Å². The zero-order valence-electron chi connectivity index (χ0n) is 12.7. The highest BCUT2D eigenvalue weighted by atomic mass is 32.2. The first-order valence-corrected chi connectivity index (χ1v) is 9.40. The Balaban J connectivity index is 1.51. The SMILES string of the molecule is COc1cc2c(cc1O)CCN(CCCSc1cccs1)C2. The summed E-state index contributed by atoms with van der Waals surface area (Å²) in [7, 11) is 1.60. The van der Waals surface area contributed by atoms with Crippen LogP contribution in [-0.4, -0.2) is 36.0 Å². The lowest BCUT2D eigenvalue weighted by atomic mass is 9.99. The average Bonchev–Trinajstić information content (AvgIpc) is 3.04. The molecule has 2 aromatic rings. The Morgan fingerprint density at radius 3 is 3.05 bits per heavy atom. The highest BCUT2D eigenvalue weighted by Gasteiger charge is 2.18. The lowest BCUT2D eigenvalue weighted by molar-refractivity contribution is 0.254. The molecule has 2 heterocycles. The molecule has 0 amide bonds. The van der Waals surface area contributed by atoms with Gasteiger partial charge in [-0.15, -0.1) is 23.1 Å². The van der Waals surface area contributed by atoms with Gasteiger partial charge in [0.15, 0.2) is 11.5 Å². The van der Waals surface area contributed by atoms with E-state index in [2.05, 4.69) is 22.4 Å². The quantitative estimate of drug-likeness (QED) is 0.639. The maximum atomic E-state index is 9.86. The van der Waals surface area contributed by atoms with Crippen LogP contribution in [0.25, 0.3) is 0 Å². The maximum absolute atomic E-state index is 9.86. The number of rotatable bonds is 6. The van der Waals surface area contributed by atoms with Crippen LogP contribution in [0.3, 0.4) is 0 Å². The number of fused-ring (bicyclic) bond motifs is 1. The van der Waals surface area contributed by atoms with Gasteiger partial charge in [0.05, 0.1) is 11.3 Å². The summed E-state index contributed by atoms with van der Waals surface area (Å²) in [6, 6.07) is 8.14. The summed E-state index contributed by atoms with van der Waals surface area (Å²) in [5.41, 5.74) is 2.54. The largest absolute Gasteiger partial charge is 0.504 e. The molecule has 0 radical (unpaired) electrons. The summed E-state index contributed by atoms with van der Waals surface area (Å²) in [5, 5.41) is 12.0. The Labute approximate surface area is 139 Å². The van der Waals surface area contributed by atoms with E-state index in [-0.39, 0.29) is 5.75 Å². The highest BCUT2D eigenvalue weighted by Crippen LogP contribution is 2.32. The molecule has 5 heteroatoms. The van der Waals surface area contributed by atoms with Crippen LogP contribution in [0, 0.1) is 0 Å². The van der Waals surface area contributed by atoms with Gasteiger partial charge in [0.25, 0.3) is 0 Å². The zero-order chi connectivity index (χ0) is 15.4. The zero-order valence-corrected chi connectivity index (χ0v) is 14.4. The number of nitrogens with zero attached hydrogens (tertiary/aromatic N) is 1. The third-order valence-corrected chi connectivity index (χ3v) is 6.17. The molecule has 0 atom stereocenters. The number of benzene rings is 1. The Kier molecular flexibility index (Phi) is 5.28. The van der Waals surface area contributed by atoms with Crippen molar-refractivity contribution in [2.24, 2.45) is 0 Å². The van der Waals surface area contributed by atoms with Crippen LogP contribution in [0.1, 0.15) is 17.5 Å². The molecule has 1 aromatic carbocycles. The molecule has 1 aliphatic heterocycles. The fourth-order valence-corrected chi connectivity index (χ4v) is 4.58. The van der Waals surface area contributed by atoms with Gasteiger partial charge in [-0.25, -0.2) is 0 Å². The van der Waals surface area contributed by atoms with E-state index < -0.39 is 0 Å². The van der Waals surface area contributed by atoms with Crippen molar-refractivity contribution in [2.45, 2.75) is 23.6 Å². The van der Waals surface area contributed by atoms with E-state index in [0.717, 1.165) is 26.1 Å². The fourth-order valence-electron chi connectivity index (χ4n) is 2.79. The van der Waals surface area contributed by atoms with E-state index >= 15 is 0 Å². The molecule has 1 aliphatic rings. The van der Waals surface area contributed by atoms with E-state index in [1.807, 2.05) is 35.2 Å². The normalized spacial score (nSPS) is 14.8. The van der Waals surface area contributed by atoms with Gasteiger partial charge >= 0.3 is 0 Å². The minimum absolute atomic E-state index is 0.252. The number of thiophene rings is 1. The first-order valence-electron chi connectivity index (χ1n) is 7.53. The molecule has 3 rings (SSSR count). The third-order valence-electron chi connectivity index (χ3n) is 3.95. The van der Waals surface area contributed by atoms with Gasteiger partial charge < -0.3 is 9.84 Å². The van der Waals surface area contributed by atoms with Crippen molar-refractivity contribution in [1.29, 1.82) is 0 Å². The number of ether oxygens (including phenoxy) is 1. The van der Waals surface area contributed by atoms with Gasteiger partial charge in [0.1, 0.15) is 0 Å². The van der Waals surface area contributed by atoms with Crippen LogP contribution in [0.5, 0.6) is 11.5 Å². The molecule has 3 nitrogen and oxygen atoms in total. The Bertz CT molecular complexity index is 613. The second kappa shape index (κ2) is 7.40. The van der Waals surface area contributed by atoms with E-state index in [1.165, 1.54) is 27.5 Å². The molecular formula is C17H21NO2S2. The number of phenolic OH excluding ortho intramolecular Hbond substituents is 1. The van der Waals surface area contributed by atoms with Crippen LogP contribution in [-0.2, 0) is 13.0 Å². The molecule has 0 unspecified atom stereocenters. The molecule has 1 N–H and O–H groups in total. The monoisotopic (exact) mass is 335 g/mol. The van der Waals surface area contributed by atoms with Crippen LogP contribution in [0.4, 0.5) is 0 Å². The minimum atomic E-state index is 0.252. The number of phenols is 1. The number of aromatic hydroxyl groups is 1. The van der Waals surface area contributed by atoms with Crippen molar-refractivity contribution in [2.75, 3.05) is 26.0 Å². The van der Waals surface area contributed by atoms with Crippen molar-refractivity contribution < 1.29 is 9.84 Å². The van der Waals surface area contributed by atoms with Crippen molar-refractivity contribution in [3.8, 4) is 11.5 Å². The van der Waals surface area contributed by atoms with Crippen molar-refractivity contribution in [3.05, 3.63) is 40.8 Å². The van der Waals surface area contributed by atoms with E-state index in [4.69, 9.17) is 4.74 Å². The molecule has 0 fully saturated rings. The van der Waals surface area contributed by atoms with Crippen molar-refractivity contribution in [1.82, 2.24) is 4.90 Å². The lowest BCUT2D eigenvalue weighted by Crippen LogP contribution is -2.31. The molecule has 0 spiro atoms. The second-order valence-corrected chi connectivity index (χ2v) is 7.80. The van der Waals surface area contributed by atoms with Crippen LogP contribution in [0.2, 0.25) is 0 Å². The molecule has 0 saturated heterocycles. The number of hydrogen-bond acceptors (Lipinski definition) is 5. The summed E-state index contributed by atoms with van der Waals surface area (Å²) in [6.45, 7) is 3.15. The van der Waals surface area contributed by atoms with Gasteiger partial charge in [-0.1, -0.05) is 6.07 Å². The van der Waals surface area contributed by atoms with Gasteiger partial charge in [-0.2, -0.15) is 0 Å². The van der Waals surface area contributed by atoms with E-state index in [0.29, 0.717) is 5.75 Å². The van der Waals surface area contributed by atoms with Crippen LogP contribution < -0.4 is 4.74 Å². The smallest absolute Gasteiger partial charge is 0.160 e. The summed E-state index contributed by atoms with van der Waals surface area (Å²) in [6.07, 6.45) is 2.21. The molecular weight excluding hydrogens is 314 g/mol. The van der Waals surface area contributed by atoms with Gasteiger partial charge in [0, 0.05) is 18.8 Å². The minimum Gasteiger partial charge on any atom is -0.504 e. The van der Waals surface area contributed by atoms with E-state index in [9.17, 15) is 5.11 Å². The van der Waals surface area contributed by atoms with Crippen molar-refractivity contribution in [3.63, 3.8) is 0 Å². The second-order valence-electron chi connectivity index (χ2n) is 5.45. The topological polar surface area (TPSA) is 32.7 Å². The molecule has 118 valence electrons. The van der Waals surface area contributed by atoms with Crippen LogP contribution in [0.15, 0.2) is 33.9 Å². The fraction of sp³-hybridized carbons (Fsp3) is 0.412. The molecule has 0 bridgehead atoms. The van der Waals surface area contributed by atoms with Gasteiger partial charge in [-0.05, 0) is 54.1 Å². The lowest BCUT2D eigenvalue weighted by Gasteiger charge is -2.29. The summed E-state index contributed by atoms with van der Waals surface area (Å²) in [5.74, 6) is 2.00. The third kappa shape index (κ3) is 3.77. The summed E-state index contributed by atoms with van der Waals surface area (Å²) < 4.78 is 6.62. The Hall–Kier alpha value is -1.17. The molecule has 1 aromatic heterocycles. The number of thioether (sulfide) groups is 1. The molecule has 22 heavy (non-hydrogen) atoms. The molecule has 0 aliphatic carbocycles. The first kappa shape index (κ1) is 15.7. The van der Waals surface area contributed by atoms with Crippen molar-refractivity contribution >= 4 is 23.1 Å². The Morgan fingerprint density at radius 2 is 2.27 bits per heavy atom. The highest BCUT2D eigenvalue weighted by molar-refractivity contribution is 8.01. The maximum Gasteiger partial charge on any atom is 0.160 e. The predicted octanol–water partition coefficient (Wildman–Crippen LogP) is 4.00. The first-order chi connectivity index (χ1) is 10.8. The van der Waals surface area contributed by atoms with E-state index in [1.54, 1.807) is 7.11 Å². The average molecular weight is 335 g/mol.